The fraction of sp³-hybridized carbons (Fsp3) is 0.273. The van der Waals surface area contributed by atoms with Gasteiger partial charge in [0.1, 0.15) is 24.2 Å². The van der Waals surface area contributed by atoms with Gasteiger partial charge in [0.25, 0.3) is 5.79 Å². The highest BCUT2D eigenvalue weighted by Crippen LogP contribution is 2.35. The van der Waals surface area contributed by atoms with Crippen LogP contribution in [0.4, 0.5) is 8.78 Å². The summed E-state index contributed by atoms with van der Waals surface area (Å²) < 4.78 is 36.5. The van der Waals surface area contributed by atoms with Gasteiger partial charge in [-0.15, -0.1) is 0 Å². The van der Waals surface area contributed by atoms with E-state index in [1.54, 1.807) is 0 Å². The van der Waals surface area contributed by atoms with Crippen molar-refractivity contribution in [1.82, 2.24) is 0 Å². The topological polar surface area (TPSA) is 18.5 Å². The van der Waals surface area contributed by atoms with E-state index in [0.29, 0.717) is 12.0 Å². The predicted octanol–water partition coefficient (Wildman–Crippen LogP) is 3.05. The Bertz CT molecular complexity index is 373. The lowest BCUT2D eigenvalue weighted by Gasteiger charge is -2.26. The summed E-state index contributed by atoms with van der Waals surface area (Å²) in [5.74, 6) is -2.36. The molecule has 0 amide bonds. The van der Waals surface area contributed by atoms with Gasteiger partial charge in [-0.2, -0.15) is 0 Å². The third kappa shape index (κ3) is 1.67. The molecule has 0 bridgehead atoms. The number of ether oxygens (including phenoxy) is 2. The van der Waals surface area contributed by atoms with Gasteiger partial charge in [-0.3, -0.25) is 0 Å². The Hall–Kier alpha value is -1.58. The van der Waals surface area contributed by atoms with Gasteiger partial charge >= 0.3 is 0 Å². The first-order chi connectivity index (χ1) is 7.16. The Morgan fingerprint density at radius 1 is 1.07 bits per heavy atom. The van der Waals surface area contributed by atoms with Crippen LogP contribution in [-0.4, -0.2) is 0 Å². The quantitative estimate of drug-likeness (QED) is 0.750. The highest BCUT2D eigenvalue weighted by atomic mass is 19.1. The maximum absolute atomic E-state index is 13.0. The molecule has 1 aromatic rings. The van der Waals surface area contributed by atoms with Gasteiger partial charge in [-0.05, 0) is 12.1 Å². The normalized spacial score (nSPS) is 17.3. The molecule has 0 aromatic heterocycles. The van der Waals surface area contributed by atoms with E-state index < -0.39 is 17.4 Å². The van der Waals surface area contributed by atoms with Gasteiger partial charge in [0, 0.05) is 18.1 Å². The summed E-state index contributed by atoms with van der Waals surface area (Å²) in [5.41, 5.74) is 0.340. The minimum Gasteiger partial charge on any atom is -0.453 e. The van der Waals surface area contributed by atoms with Crippen molar-refractivity contribution in [3.8, 4) is 0 Å². The van der Waals surface area contributed by atoms with Crippen molar-refractivity contribution >= 4 is 0 Å². The zero-order valence-corrected chi connectivity index (χ0v) is 8.17. The molecule has 1 aliphatic rings. The molecule has 0 atom stereocenters. The number of hydrogen-bond acceptors (Lipinski definition) is 2. The fourth-order valence-electron chi connectivity index (χ4n) is 1.58. The zero-order chi connectivity index (χ0) is 10.9. The molecule has 0 aliphatic carbocycles. The number of hydrogen-bond donors (Lipinski definition) is 0. The molecule has 0 radical (unpaired) electrons. The molecule has 4 heteroatoms. The largest absolute Gasteiger partial charge is 0.453 e. The Labute approximate surface area is 86.1 Å². The van der Waals surface area contributed by atoms with Gasteiger partial charge in [0.2, 0.25) is 0 Å². The molecule has 0 saturated heterocycles. The van der Waals surface area contributed by atoms with Crippen molar-refractivity contribution in [2.45, 2.75) is 19.1 Å². The van der Waals surface area contributed by atoms with Gasteiger partial charge in [0.15, 0.2) is 0 Å². The van der Waals surface area contributed by atoms with Gasteiger partial charge < -0.3 is 9.47 Å². The van der Waals surface area contributed by atoms with Crippen LogP contribution in [0.5, 0.6) is 0 Å². The van der Waals surface area contributed by atoms with E-state index in [-0.39, 0.29) is 0 Å². The Balaban J connectivity index is 2.43. The lowest BCUT2D eigenvalue weighted by atomic mass is 10.0. The minimum atomic E-state index is -1.08. The van der Waals surface area contributed by atoms with Crippen LogP contribution in [0.1, 0.15) is 18.9 Å². The zero-order valence-electron chi connectivity index (χ0n) is 8.17. The molecular formula is C11H10F2O2. The van der Waals surface area contributed by atoms with E-state index in [9.17, 15) is 8.78 Å². The molecular weight excluding hydrogens is 202 g/mol. The van der Waals surface area contributed by atoms with Crippen LogP contribution < -0.4 is 0 Å². The summed E-state index contributed by atoms with van der Waals surface area (Å²) >= 11 is 0. The van der Waals surface area contributed by atoms with E-state index in [0.717, 1.165) is 6.07 Å². The Morgan fingerprint density at radius 3 is 2.07 bits per heavy atom. The van der Waals surface area contributed by atoms with Crippen LogP contribution in [-0.2, 0) is 15.3 Å². The molecule has 1 aliphatic heterocycles. The van der Waals surface area contributed by atoms with Crippen LogP contribution in [0.25, 0.3) is 0 Å². The molecule has 1 aromatic carbocycles. The minimum absolute atomic E-state index is 0.340. The van der Waals surface area contributed by atoms with Crippen molar-refractivity contribution in [3.63, 3.8) is 0 Å². The first-order valence-corrected chi connectivity index (χ1v) is 4.63. The van der Waals surface area contributed by atoms with Gasteiger partial charge in [-0.1, -0.05) is 6.92 Å². The summed E-state index contributed by atoms with van der Waals surface area (Å²) in [7, 11) is 0. The molecule has 15 heavy (non-hydrogen) atoms. The first-order valence-electron chi connectivity index (χ1n) is 4.63. The molecule has 0 fully saturated rings. The van der Waals surface area contributed by atoms with E-state index in [2.05, 4.69) is 0 Å². The van der Waals surface area contributed by atoms with Crippen LogP contribution >= 0.6 is 0 Å². The lowest BCUT2D eigenvalue weighted by molar-refractivity contribution is -0.152. The summed E-state index contributed by atoms with van der Waals surface area (Å²) in [4.78, 5) is 0. The summed E-state index contributed by atoms with van der Waals surface area (Å²) in [6.45, 7) is 1.82. The lowest BCUT2D eigenvalue weighted by Crippen LogP contribution is -2.26. The molecule has 0 N–H and O–H groups in total. The van der Waals surface area contributed by atoms with Gasteiger partial charge in [0.05, 0.1) is 0 Å². The highest BCUT2D eigenvalue weighted by Gasteiger charge is 2.36. The van der Waals surface area contributed by atoms with E-state index >= 15 is 0 Å². The van der Waals surface area contributed by atoms with Crippen molar-refractivity contribution < 1.29 is 18.3 Å². The molecule has 1 heterocycles. The standard InChI is InChI=1S/C11H10F2O2/c1-2-11(14-3-4-15-11)8-5-9(12)7-10(13)6-8/h3-7H,2H2,1H3. The summed E-state index contributed by atoms with van der Waals surface area (Å²) in [6, 6.07) is 3.23. The summed E-state index contributed by atoms with van der Waals surface area (Å²) in [6.07, 6.45) is 3.20. The molecule has 2 nitrogen and oxygen atoms in total. The predicted molar refractivity (Wildman–Crippen MR) is 49.6 cm³/mol. The molecule has 0 spiro atoms. The molecule has 0 unspecified atom stereocenters. The second-order valence-corrected chi connectivity index (χ2v) is 3.27. The Morgan fingerprint density at radius 2 is 1.60 bits per heavy atom. The second kappa shape index (κ2) is 3.53. The number of rotatable bonds is 2. The third-order valence-corrected chi connectivity index (χ3v) is 2.34. The van der Waals surface area contributed by atoms with Crippen molar-refractivity contribution in [1.29, 1.82) is 0 Å². The van der Waals surface area contributed by atoms with Crippen LogP contribution in [0.3, 0.4) is 0 Å². The smallest absolute Gasteiger partial charge is 0.276 e. The SMILES string of the molecule is CCC1(c2cc(F)cc(F)c2)OC=CO1. The molecule has 2 rings (SSSR count). The van der Waals surface area contributed by atoms with Crippen LogP contribution in [0.2, 0.25) is 0 Å². The van der Waals surface area contributed by atoms with Crippen molar-refractivity contribution in [2.75, 3.05) is 0 Å². The van der Waals surface area contributed by atoms with Gasteiger partial charge in [-0.25, -0.2) is 8.78 Å². The maximum Gasteiger partial charge on any atom is 0.276 e. The van der Waals surface area contributed by atoms with E-state index in [1.165, 1.54) is 24.7 Å². The number of benzene rings is 1. The third-order valence-electron chi connectivity index (χ3n) is 2.34. The van der Waals surface area contributed by atoms with E-state index in [4.69, 9.17) is 9.47 Å². The van der Waals surface area contributed by atoms with Crippen molar-refractivity contribution in [3.05, 3.63) is 47.9 Å². The van der Waals surface area contributed by atoms with Crippen LogP contribution in [0, 0.1) is 11.6 Å². The molecule has 0 saturated carbocycles. The first kappa shape index (κ1) is 9.96. The second-order valence-electron chi connectivity index (χ2n) is 3.27. The Kier molecular flexibility index (Phi) is 2.34. The van der Waals surface area contributed by atoms with Crippen LogP contribution in [0.15, 0.2) is 30.7 Å². The maximum atomic E-state index is 13.0. The number of halogens is 2. The average molecular weight is 212 g/mol. The van der Waals surface area contributed by atoms with E-state index in [1.807, 2.05) is 6.92 Å². The average Bonchev–Trinajstić information content (AvgIpc) is 2.65. The summed E-state index contributed by atoms with van der Waals surface area (Å²) in [5, 5.41) is 0. The highest BCUT2D eigenvalue weighted by molar-refractivity contribution is 5.23. The van der Waals surface area contributed by atoms with Crippen molar-refractivity contribution in [2.24, 2.45) is 0 Å². The monoisotopic (exact) mass is 212 g/mol. The fourth-order valence-corrected chi connectivity index (χ4v) is 1.58. The molecule has 80 valence electrons.